The lowest BCUT2D eigenvalue weighted by Gasteiger charge is -2.35. The molecule has 1 saturated heterocycles. The Kier molecular flexibility index (Phi) is 8.29. The predicted molar refractivity (Wildman–Crippen MR) is 146 cm³/mol. The lowest BCUT2D eigenvalue weighted by molar-refractivity contribution is 0.0735. The number of likely N-dealkylation sites (N-methyl/N-ethyl adjacent to an activating group) is 1. The lowest BCUT2D eigenvalue weighted by atomic mass is 10.1. The Morgan fingerprint density at radius 3 is 2.43 bits per heavy atom. The van der Waals surface area contributed by atoms with E-state index >= 15 is 0 Å². The molecule has 1 aromatic heterocycles. The average molecular weight is 539 g/mol. The van der Waals surface area contributed by atoms with Crippen molar-refractivity contribution in [3.05, 3.63) is 75.9 Å². The van der Waals surface area contributed by atoms with Gasteiger partial charge in [-0.25, -0.2) is 4.68 Å². The molecule has 3 aromatic rings. The molecule has 1 aliphatic heterocycles. The summed E-state index contributed by atoms with van der Waals surface area (Å²) in [6.45, 7) is 11.6. The zero-order chi connectivity index (χ0) is 24.9. The van der Waals surface area contributed by atoms with Crippen molar-refractivity contribution in [1.29, 1.82) is 0 Å². The van der Waals surface area contributed by atoms with Crippen molar-refractivity contribution in [3.8, 4) is 5.69 Å². The monoisotopic (exact) mass is 537 g/mol. The number of halogens is 1. The first-order chi connectivity index (χ1) is 16.8. The smallest absolute Gasteiger partial charge is 0.254 e. The van der Waals surface area contributed by atoms with E-state index in [2.05, 4.69) is 70.4 Å². The van der Waals surface area contributed by atoms with Gasteiger partial charge >= 0.3 is 0 Å². The molecular formula is C28H36BrN5O. The van der Waals surface area contributed by atoms with Crippen molar-refractivity contribution in [3.63, 3.8) is 0 Å². The third-order valence-electron chi connectivity index (χ3n) is 6.64. The third kappa shape index (κ3) is 6.14. The summed E-state index contributed by atoms with van der Waals surface area (Å²) in [5.74, 6) is 1.68. The maximum absolute atomic E-state index is 13.7. The van der Waals surface area contributed by atoms with Gasteiger partial charge in [0.25, 0.3) is 5.91 Å². The fourth-order valence-corrected chi connectivity index (χ4v) is 4.89. The molecule has 7 heteroatoms. The van der Waals surface area contributed by atoms with Gasteiger partial charge in [-0.05, 0) is 56.6 Å². The van der Waals surface area contributed by atoms with Crippen LogP contribution >= 0.6 is 15.9 Å². The summed E-state index contributed by atoms with van der Waals surface area (Å²) in [6, 6.07) is 18.0. The molecule has 2 heterocycles. The van der Waals surface area contributed by atoms with Crippen molar-refractivity contribution in [2.45, 2.75) is 33.7 Å². The molecule has 2 aromatic carbocycles. The summed E-state index contributed by atoms with van der Waals surface area (Å²) >= 11 is 3.52. The number of hydrogen-bond acceptors (Lipinski definition) is 4. The molecular weight excluding hydrogens is 502 g/mol. The van der Waals surface area contributed by atoms with Crippen LogP contribution in [0.25, 0.3) is 5.69 Å². The van der Waals surface area contributed by atoms with Gasteiger partial charge in [0, 0.05) is 48.3 Å². The minimum Gasteiger partial charge on any atom is -0.354 e. The van der Waals surface area contributed by atoms with Crippen molar-refractivity contribution in [2.75, 3.05) is 44.7 Å². The number of amides is 1. The molecule has 0 atom stereocenters. The molecule has 1 amide bonds. The van der Waals surface area contributed by atoms with Gasteiger partial charge < -0.3 is 14.7 Å². The Hall–Kier alpha value is -2.64. The summed E-state index contributed by atoms with van der Waals surface area (Å²) in [4.78, 5) is 20.5. The van der Waals surface area contributed by atoms with E-state index in [9.17, 15) is 4.79 Å². The normalized spacial score (nSPS) is 14.5. The number of nitrogens with zero attached hydrogens (tertiary/aromatic N) is 5. The molecule has 6 nitrogen and oxygen atoms in total. The van der Waals surface area contributed by atoms with Crippen molar-refractivity contribution in [2.24, 2.45) is 5.92 Å². The topological polar surface area (TPSA) is 44.6 Å². The highest BCUT2D eigenvalue weighted by Gasteiger charge is 2.27. The minimum absolute atomic E-state index is 0.0585. The van der Waals surface area contributed by atoms with E-state index in [1.165, 1.54) is 0 Å². The van der Waals surface area contributed by atoms with Crippen LogP contribution in [-0.2, 0) is 6.54 Å². The van der Waals surface area contributed by atoms with E-state index in [1.807, 2.05) is 47.4 Å². The highest BCUT2D eigenvalue weighted by Crippen LogP contribution is 2.30. The van der Waals surface area contributed by atoms with E-state index in [-0.39, 0.29) is 5.91 Å². The number of aromatic nitrogens is 2. The minimum atomic E-state index is 0.0585. The van der Waals surface area contributed by atoms with Crippen molar-refractivity contribution < 1.29 is 4.79 Å². The molecule has 0 spiro atoms. The van der Waals surface area contributed by atoms with E-state index in [0.29, 0.717) is 24.6 Å². The van der Waals surface area contributed by atoms with Crippen molar-refractivity contribution in [1.82, 2.24) is 19.6 Å². The van der Waals surface area contributed by atoms with Gasteiger partial charge in [0.15, 0.2) is 0 Å². The van der Waals surface area contributed by atoms with Crippen LogP contribution in [0.1, 0.15) is 41.9 Å². The van der Waals surface area contributed by atoms with E-state index in [0.717, 1.165) is 59.8 Å². The molecule has 0 saturated carbocycles. The molecule has 0 aliphatic carbocycles. The Balaban J connectivity index is 1.74. The maximum Gasteiger partial charge on any atom is 0.254 e. The van der Waals surface area contributed by atoms with Gasteiger partial charge in [-0.1, -0.05) is 54.0 Å². The van der Waals surface area contributed by atoms with Crippen molar-refractivity contribution >= 4 is 27.7 Å². The molecule has 4 rings (SSSR count). The average Bonchev–Trinajstić information content (AvgIpc) is 3.18. The summed E-state index contributed by atoms with van der Waals surface area (Å²) in [6.07, 6.45) is 0.954. The molecule has 1 aliphatic rings. The van der Waals surface area contributed by atoms with Crippen LogP contribution in [0, 0.1) is 12.8 Å². The van der Waals surface area contributed by atoms with Crippen LogP contribution < -0.4 is 4.90 Å². The van der Waals surface area contributed by atoms with Gasteiger partial charge in [-0.15, -0.1) is 0 Å². The fourth-order valence-electron chi connectivity index (χ4n) is 4.49. The SMILES string of the molecule is Cc1nn(-c2ccccc2)c(N2CCN(C)CC2)c1CN(CCC(C)C)C(=O)c1cccc(Br)c1. The number of para-hydroxylation sites is 1. The Morgan fingerprint density at radius 1 is 1.06 bits per heavy atom. The van der Waals surface area contributed by atoms with Crippen LogP contribution in [0.3, 0.4) is 0 Å². The second-order valence-corrected chi connectivity index (χ2v) is 10.8. The van der Waals surface area contributed by atoms with E-state index < -0.39 is 0 Å². The number of piperazine rings is 1. The lowest BCUT2D eigenvalue weighted by Crippen LogP contribution is -2.45. The zero-order valence-corrected chi connectivity index (χ0v) is 22.8. The molecule has 0 bridgehead atoms. The zero-order valence-electron chi connectivity index (χ0n) is 21.2. The highest BCUT2D eigenvalue weighted by atomic mass is 79.9. The third-order valence-corrected chi connectivity index (χ3v) is 7.14. The van der Waals surface area contributed by atoms with Gasteiger partial charge in [-0.3, -0.25) is 4.79 Å². The fraction of sp³-hybridized carbons (Fsp3) is 0.429. The highest BCUT2D eigenvalue weighted by molar-refractivity contribution is 9.10. The quantitative estimate of drug-likeness (QED) is 0.386. The second kappa shape index (κ2) is 11.4. The van der Waals surface area contributed by atoms with Gasteiger partial charge in [0.05, 0.1) is 17.9 Å². The first-order valence-corrected chi connectivity index (χ1v) is 13.2. The van der Waals surface area contributed by atoms with Gasteiger partial charge in [-0.2, -0.15) is 5.10 Å². The molecule has 35 heavy (non-hydrogen) atoms. The second-order valence-electron chi connectivity index (χ2n) is 9.84. The van der Waals surface area contributed by atoms with Gasteiger partial charge in [0.2, 0.25) is 0 Å². The first-order valence-electron chi connectivity index (χ1n) is 12.5. The summed E-state index contributed by atoms with van der Waals surface area (Å²) in [5, 5.41) is 4.99. The standard InChI is InChI=1S/C28H36BrN5O/c1-21(2)13-14-33(28(35)23-9-8-10-24(29)19-23)20-26-22(3)30-34(25-11-6-5-7-12-25)27(26)32-17-15-31(4)16-18-32/h5-12,19,21H,13-18,20H2,1-4H3. The van der Waals surface area contributed by atoms with Crippen LogP contribution in [-0.4, -0.2) is 65.3 Å². The number of carbonyl (C=O) groups excluding carboxylic acids is 1. The van der Waals surface area contributed by atoms with E-state index in [1.54, 1.807) is 0 Å². The predicted octanol–water partition coefficient (Wildman–Crippen LogP) is 5.38. The summed E-state index contributed by atoms with van der Waals surface area (Å²) in [5.41, 5.74) is 3.85. The summed E-state index contributed by atoms with van der Waals surface area (Å²) in [7, 11) is 2.17. The first kappa shape index (κ1) is 25.5. The molecule has 1 fully saturated rings. The largest absolute Gasteiger partial charge is 0.354 e. The number of rotatable bonds is 8. The van der Waals surface area contributed by atoms with Crippen LogP contribution in [0.15, 0.2) is 59.1 Å². The summed E-state index contributed by atoms with van der Waals surface area (Å²) < 4.78 is 2.98. The number of hydrogen-bond donors (Lipinski definition) is 0. The molecule has 186 valence electrons. The Bertz CT molecular complexity index is 1140. The number of anilines is 1. The number of benzene rings is 2. The Morgan fingerprint density at radius 2 is 1.77 bits per heavy atom. The van der Waals surface area contributed by atoms with Crippen LogP contribution in [0.5, 0.6) is 0 Å². The molecule has 0 N–H and O–H groups in total. The molecule has 0 radical (unpaired) electrons. The number of aryl methyl sites for hydroxylation is 1. The van der Waals surface area contributed by atoms with E-state index in [4.69, 9.17) is 5.10 Å². The van der Waals surface area contributed by atoms with Crippen LogP contribution in [0.2, 0.25) is 0 Å². The Labute approximate surface area is 217 Å². The van der Waals surface area contributed by atoms with Gasteiger partial charge in [0.1, 0.15) is 5.82 Å². The molecule has 0 unspecified atom stereocenters. The maximum atomic E-state index is 13.7. The van der Waals surface area contributed by atoms with Crippen LogP contribution in [0.4, 0.5) is 5.82 Å². The number of carbonyl (C=O) groups is 1.